The Labute approximate surface area is 161 Å². The van der Waals surface area contributed by atoms with Crippen LogP contribution >= 0.6 is 12.4 Å². The van der Waals surface area contributed by atoms with Gasteiger partial charge in [-0.05, 0) is 42.5 Å². The summed E-state index contributed by atoms with van der Waals surface area (Å²) in [5, 5.41) is 12.6. The molecular formula is C21H27ClN2O2. The molecule has 0 aromatic heterocycles. The summed E-state index contributed by atoms with van der Waals surface area (Å²) in [5.41, 5.74) is 9.24. The van der Waals surface area contributed by atoms with Gasteiger partial charge in [-0.1, -0.05) is 49.4 Å². The molecule has 26 heavy (non-hydrogen) atoms. The van der Waals surface area contributed by atoms with Crippen molar-refractivity contribution in [3.05, 3.63) is 65.2 Å². The molecule has 1 amide bonds. The van der Waals surface area contributed by atoms with E-state index in [9.17, 15) is 9.90 Å². The van der Waals surface area contributed by atoms with Gasteiger partial charge in [0, 0.05) is 23.9 Å². The van der Waals surface area contributed by atoms with Crippen LogP contribution in [-0.4, -0.2) is 23.6 Å². The first-order valence-electron chi connectivity index (χ1n) is 8.77. The molecular weight excluding hydrogens is 348 g/mol. The van der Waals surface area contributed by atoms with Crippen LogP contribution < -0.4 is 11.1 Å². The molecule has 4 N–H and O–H groups in total. The van der Waals surface area contributed by atoms with Crippen LogP contribution in [0.5, 0.6) is 5.75 Å². The number of hydrogen-bond donors (Lipinski definition) is 3. The largest absolute Gasteiger partial charge is 0.508 e. The van der Waals surface area contributed by atoms with Gasteiger partial charge < -0.3 is 16.2 Å². The Kier molecular flexibility index (Phi) is 6.32. The van der Waals surface area contributed by atoms with Gasteiger partial charge in [-0.25, -0.2) is 0 Å². The SMILES string of the molecule is Cc1cc(CC(N)CNC(=O)[C@@H]2C[C@]2(C)c2ccccc2)ccc1O.Cl. The maximum absolute atomic E-state index is 12.5. The highest BCUT2D eigenvalue weighted by molar-refractivity contribution is 5.85. The fraction of sp³-hybridized carbons (Fsp3) is 0.381. The van der Waals surface area contributed by atoms with Gasteiger partial charge in [-0.15, -0.1) is 12.4 Å². The quantitative estimate of drug-likeness (QED) is 0.727. The second-order valence-electron chi connectivity index (χ2n) is 7.37. The molecule has 0 radical (unpaired) electrons. The number of aromatic hydroxyl groups is 1. The summed E-state index contributed by atoms with van der Waals surface area (Å²) in [6.45, 7) is 4.47. The summed E-state index contributed by atoms with van der Waals surface area (Å²) in [4.78, 5) is 12.5. The summed E-state index contributed by atoms with van der Waals surface area (Å²) in [7, 11) is 0. The molecule has 1 saturated carbocycles. The lowest BCUT2D eigenvalue weighted by Gasteiger charge is -2.15. The zero-order valence-electron chi connectivity index (χ0n) is 15.2. The predicted molar refractivity (Wildman–Crippen MR) is 107 cm³/mol. The van der Waals surface area contributed by atoms with E-state index in [-0.39, 0.29) is 35.7 Å². The molecule has 0 bridgehead atoms. The second kappa shape index (κ2) is 8.11. The average Bonchev–Trinajstić information content (AvgIpc) is 3.30. The van der Waals surface area contributed by atoms with Crippen LogP contribution in [0.15, 0.2) is 48.5 Å². The van der Waals surface area contributed by atoms with Crippen LogP contribution in [0.2, 0.25) is 0 Å². The third-order valence-electron chi connectivity index (χ3n) is 5.28. The van der Waals surface area contributed by atoms with Crippen molar-refractivity contribution in [1.82, 2.24) is 5.32 Å². The number of amides is 1. The van der Waals surface area contributed by atoms with Crippen molar-refractivity contribution in [1.29, 1.82) is 0 Å². The molecule has 0 spiro atoms. The topological polar surface area (TPSA) is 75.3 Å². The number of benzene rings is 2. The van der Waals surface area contributed by atoms with E-state index < -0.39 is 0 Å². The number of hydrogen-bond acceptors (Lipinski definition) is 3. The number of nitrogens with two attached hydrogens (primary N) is 1. The molecule has 5 heteroatoms. The molecule has 140 valence electrons. The molecule has 4 nitrogen and oxygen atoms in total. The fourth-order valence-corrected chi connectivity index (χ4v) is 3.46. The molecule has 1 aliphatic carbocycles. The monoisotopic (exact) mass is 374 g/mol. The maximum Gasteiger partial charge on any atom is 0.224 e. The lowest BCUT2D eigenvalue weighted by molar-refractivity contribution is -0.122. The zero-order chi connectivity index (χ0) is 18.0. The Hall–Kier alpha value is -2.04. The number of phenolic OH excluding ortho intramolecular Hbond substituents is 1. The summed E-state index contributed by atoms with van der Waals surface area (Å²) >= 11 is 0. The number of phenols is 1. The molecule has 3 rings (SSSR count). The van der Waals surface area contributed by atoms with E-state index in [1.807, 2.05) is 37.3 Å². The highest BCUT2D eigenvalue weighted by atomic mass is 35.5. The minimum atomic E-state index is -0.144. The van der Waals surface area contributed by atoms with Crippen molar-refractivity contribution in [3.63, 3.8) is 0 Å². The lowest BCUT2D eigenvalue weighted by Crippen LogP contribution is -2.40. The van der Waals surface area contributed by atoms with Crippen LogP contribution in [0.1, 0.15) is 30.0 Å². The third-order valence-corrected chi connectivity index (χ3v) is 5.28. The highest BCUT2D eigenvalue weighted by Crippen LogP contribution is 2.53. The van der Waals surface area contributed by atoms with Crippen molar-refractivity contribution in [2.45, 2.75) is 38.1 Å². The maximum atomic E-state index is 12.5. The van der Waals surface area contributed by atoms with E-state index >= 15 is 0 Å². The van der Waals surface area contributed by atoms with Crippen molar-refractivity contribution in [2.75, 3.05) is 6.54 Å². The first-order chi connectivity index (χ1) is 11.9. The van der Waals surface area contributed by atoms with Crippen LogP contribution in [0.4, 0.5) is 0 Å². The third kappa shape index (κ3) is 4.37. The number of nitrogens with one attached hydrogen (secondary N) is 1. The van der Waals surface area contributed by atoms with Crippen LogP contribution in [0, 0.1) is 12.8 Å². The lowest BCUT2D eigenvalue weighted by atomic mass is 9.95. The van der Waals surface area contributed by atoms with E-state index in [1.165, 1.54) is 5.56 Å². The van der Waals surface area contributed by atoms with Gasteiger partial charge in [0.15, 0.2) is 0 Å². The van der Waals surface area contributed by atoms with E-state index in [0.717, 1.165) is 17.5 Å². The zero-order valence-corrected chi connectivity index (χ0v) is 16.1. The molecule has 2 aromatic rings. The average molecular weight is 375 g/mol. The molecule has 1 aliphatic rings. The number of carbonyl (C=O) groups excluding carboxylic acids is 1. The minimum absolute atomic E-state index is 0. The first kappa shape index (κ1) is 20.3. The van der Waals surface area contributed by atoms with Crippen LogP contribution in [0.3, 0.4) is 0 Å². The molecule has 2 aromatic carbocycles. The Morgan fingerprint density at radius 1 is 1.31 bits per heavy atom. The van der Waals surface area contributed by atoms with E-state index in [1.54, 1.807) is 6.07 Å². The van der Waals surface area contributed by atoms with Gasteiger partial charge in [0.05, 0.1) is 0 Å². The van der Waals surface area contributed by atoms with Crippen molar-refractivity contribution in [3.8, 4) is 5.75 Å². The van der Waals surface area contributed by atoms with Crippen molar-refractivity contribution >= 4 is 18.3 Å². The molecule has 3 atom stereocenters. The smallest absolute Gasteiger partial charge is 0.224 e. The number of aryl methyl sites for hydroxylation is 1. The van der Waals surface area contributed by atoms with Gasteiger partial charge in [-0.2, -0.15) is 0 Å². The Morgan fingerprint density at radius 2 is 2.00 bits per heavy atom. The van der Waals surface area contributed by atoms with Crippen LogP contribution in [0.25, 0.3) is 0 Å². The molecule has 1 fully saturated rings. The standard InChI is InChI=1S/C21H26N2O2.ClH/c1-14-10-15(8-9-19(14)24)11-17(22)13-23-20(25)18-12-21(18,2)16-6-4-3-5-7-16;/h3-10,17-18,24H,11-13,22H2,1-2H3,(H,23,25);1H/t17?,18-,21+;/m0./s1. The Morgan fingerprint density at radius 3 is 2.65 bits per heavy atom. The van der Waals surface area contributed by atoms with Crippen LogP contribution in [-0.2, 0) is 16.6 Å². The van der Waals surface area contributed by atoms with E-state index in [2.05, 4.69) is 24.4 Å². The van der Waals surface area contributed by atoms with Gasteiger partial charge in [-0.3, -0.25) is 4.79 Å². The highest BCUT2D eigenvalue weighted by Gasteiger charge is 2.55. The van der Waals surface area contributed by atoms with Gasteiger partial charge in [0.25, 0.3) is 0 Å². The van der Waals surface area contributed by atoms with E-state index in [0.29, 0.717) is 18.7 Å². The summed E-state index contributed by atoms with van der Waals surface area (Å²) in [6.07, 6.45) is 1.55. The van der Waals surface area contributed by atoms with Gasteiger partial charge in [0.1, 0.15) is 5.75 Å². The van der Waals surface area contributed by atoms with Gasteiger partial charge >= 0.3 is 0 Å². The summed E-state index contributed by atoms with van der Waals surface area (Å²) in [6, 6.07) is 15.6. The van der Waals surface area contributed by atoms with E-state index in [4.69, 9.17) is 5.73 Å². The summed E-state index contributed by atoms with van der Waals surface area (Å²) in [5.74, 6) is 0.404. The van der Waals surface area contributed by atoms with Crippen molar-refractivity contribution < 1.29 is 9.90 Å². The fourth-order valence-electron chi connectivity index (χ4n) is 3.46. The first-order valence-corrected chi connectivity index (χ1v) is 8.77. The molecule has 0 aliphatic heterocycles. The number of halogens is 1. The normalized spacial score (nSPS) is 22.2. The Balaban J connectivity index is 0.00000243. The van der Waals surface area contributed by atoms with Gasteiger partial charge in [0.2, 0.25) is 5.91 Å². The molecule has 0 saturated heterocycles. The number of rotatable bonds is 6. The molecule has 0 heterocycles. The number of carbonyl (C=O) groups is 1. The predicted octanol–water partition coefficient (Wildman–Crippen LogP) is 3.09. The second-order valence-corrected chi connectivity index (χ2v) is 7.37. The summed E-state index contributed by atoms with van der Waals surface area (Å²) < 4.78 is 0. The minimum Gasteiger partial charge on any atom is -0.508 e. The molecule has 1 unspecified atom stereocenters. The Bertz CT molecular complexity index is 766. The van der Waals surface area contributed by atoms with Crippen molar-refractivity contribution in [2.24, 2.45) is 11.7 Å².